The van der Waals surface area contributed by atoms with E-state index in [0.717, 1.165) is 31.5 Å². The summed E-state index contributed by atoms with van der Waals surface area (Å²) in [6, 6.07) is 11.7. The maximum atomic E-state index is 5.53. The lowest BCUT2D eigenvalue weighted by atomic mass is 10.3. The van der Waals surface area contributed by atoms with Crippen LogP contribution in [-0.2, 0) is 5.75 Å². The summed E-state index contributed by atoms with van der Waals surface area (Å²) in [4.78, 5) is 5.54. The number of hydrogen-bond donors (Lipinski definition) is 1. The molecule has 1 aromatic carbocycles. The van der Waals surface area contributed by atoms with E-state index in [4.69, 9.17) is 9.15 Å². The van der Waals surface area contributed by atoms with Gasteiger partial charge in [-0.1, -0.05) is 29.2 Å². The molecule has 0 aliphatic heterocycles. The second-order valence-corrected chi connectivity index (χ2v) is 8.28. The summed E-state index contributed by atoms with van der Waals surface area (Å²) in [5.74, 6) is 2.17. The molecule has 0 unspecified atom stereocenters. The molecule has 6 nitrogen and oxygen atoms in total. The highest BCUT2D eigenvalue weighted by Crippen LogP contribution is 2.31. The fraction of sp³-hybridized carbons (Fsp3) is 0.118. The number of nitrogens with zero attached hydrogens (tertiary/aromatic N) is 3. The van der Waals surface area contributed by atoms with Gasteiger partial charge in [-0.05, 0) is 35.7 Å². The van der Waals surface area contributed by atoms with Crippen LogP contribution in [0.2, 0.25) is 0 Å². The Kier molecular flexibility index (Phi) is 5.19. The van der Waals surface area contributed by atoms with Gasteiger partial charge in [0.15, 0.2) is 4.34 Å². The van der Waals surface area contributed by atoms with Crippen molar-refractivity contribution in [3.05, 3.63) is 53.7 Å². The van der Waals surface area contributed by atoms with E-state index in [9.17, 15) is 0 Å². The second kappa shape index (κ2) is 7.90. The molecule has 0 aliphatic rings. The molecule has 0 atom stereocenters. The molecule has 0 amide bonds. The van der Waals surface area contributed by atoms with E-state index in [0.29, 0.717) is 11.6 Å². The van der Waals surface area contributed by atoms with Crippen LogP contribution in [0.25, 0.3) is 10.8 Å². The molecule has 1 N–H and O–H groups in total. The van der Waals surface area contributed by atoms with Crippen LogP contribution in [0.5, 0.6) is 5.75 Å². The van der Waals surface area contributed by atoms with Gasteiger partial charge in [0.1, 0.15) is 12.0 Å². The number of thioether (sulfide) groups is 1. The van der Waals surface area contributed by atoms with E-state index in [-0.39, 0.29) is 0 Å². The molecule has 0 aliphatic carbocycles. The van der Waals surface area contributed by atoms with Crippen molar-refractivity contribution in [1.82, 2.24) is 15.2 Å². The molecule has 3 heterocycles. The number of benzene rings is 1. The molecule has 9 heteroatoms. The fourth-order valence-electron chi connectivity index (χ4n) is 2.14. The highest BCUT2D eigenvalue weighted by molar-refractivity contribution is 8.00. The normalized spacial score (nSPS) is 10.8. The molecular weight excluding hydrogens is 388 g/mol. The summed E-state index contributed by atoms with van der Waals surface area (Å²) in [6.07, 6.45) is 1.69. The first kappa shape index (κ1) is 17.1. The summed E-state index contributed by atoms with van der Waals surface area (Å²) in [6.45, 7) is 0. The Bertz CT molecular complexity index is 964. The summed E-state index contributed by atoms with van der Waals surface area (Å²) in [5, 5.41) is 14.4. The van der Waals surface area contributed by atoms with Gasteiger partial charge in [-0.15, -0.1) is 21.5 Å². The minimum Gasteiger partial charge on any atom is -0.497 e. The molecule has 0 fully saturated rings. The number of ether oxygens (including phenoxy) is 1. The largest absolute Gasteiger partial charge is 0.497 e. The number of hydrogen-bond acceptors (Lipinski definition) is 9. The maximum Gasteiger partial charge on any atom is 0.236 e. The average Bonchev–Trinajstić information content (AvgIpc) is 3.42. The Balaban J connectivity index is 1.34. The molecule has 3 aromatic heterocycles. The van der Waals surface area contributed by atoms with E-state index >= 15 is 0 Å². The molecule has 26 heavy (non-hydrogen) atoms. The average molecular weight is 403 g/mol. The van der Waals surface area contributed by atoms with Gasteiger partial charge in [-0.25, -0.2) is 4.98 Å². The van der Waals surface area contributed by atoms with Crippen molar-refractivity contribution in [1.29, 1.82) is 0 Å². The standard InChI is InChI=1S/C17H14N4O2S3/c1-22-13-6-4-11(5-7-13)19-16-20-21-17(26-16)25-10-12-9-23-15(18-12)14-3-2-8-24-14/h2-9H,10H2,1H3,(H,19,20). The molecular formula is C17H14N4O2S3. The van der Waals surface area contributed by atoms with Crippen molar-refractivity contribution in [3.8, 4) is 16.5 Å². The van der Waals surface area contributed by atoms with E-state index in [1.54, 1.807) is 36.5 Å². The van der Waals surface area contributed by atoms with Gasteiger partial charge in [0, 0.05) is 11.4 Å². The number of methoxy groups -OCH3 is 1. The zero-order valence-corrected chi connectivity index (χ0v) is 16.2. The first-order valence-electron chi connectivity index (χ1n) is 7.66. The molecule has 0 spiro atoms. The fourth-order valence-corrected chi connectivity index (χ4v) is 4.44. The Morgan fingerprint density at radius 3 is 2.85 bits per heavy atom. The zero-order chi connectivity index (χ0) is 17.8. The number of rotatable bonds is 7. The molecule has 0 bridgehead atoms. The van der Waals surface area contributed by atoms with E-state index < -0.39 is 0 Å². The van der Waals surface area contributed by atoms with Crippen LogP contribution in [0.3, 0.4) is 0 Å². The van der Waals surface area contributed by atoms with Crippen molar-refractivity contribution >= 4 is 45.3 Å². The first-order chi connectivity index (χ1) is 12.8. The topological polar surface area (TPSA) is 73.1 Å². The lowest BCUT2D eigenvalue weighted by Crippen LogP contribution is -1.89. The van der Waals surface area contributed by atoms with Crippen LogP contribution in [-0.4, -0.2) is 22.3 Å². The smallest absolute Gasteiger partial charge is 0.236 e. The van der Waals surface area contributed by atoms with E-state index in [1.165, 1.54) is 11.3 Å². The van der Waals surface area contributed by atoms with Gasteiger partial charge in [0.2, 0.25) is 11.0 Å². The molecule has 4 aromatic rings. The predicted octanol–water partition coefficient (Wildman–Crippen LogP) is 5.30. The maximum absolute atomic E-state index is 5.53. The third-order valence-electron chi connectivity index (χ3n) is 3.37. The Hall–Kier alpha value is -2.36. The third kappa shape index (κ3) is 4.06. The Morgan fingerprint density at radius 2 is 2.08 bits per heavy atom. The lowest BCUT2D eigenvalue weighted by Gasteiger charge is -2.03. The Morgan fingerprint density at radius 1 is 1.19 bits per heavy atom. The van der Waals surface area contributed by atoms with Gasteiger partial charge in [-0.2, -0.15) is 0 Å². The van der Waals surface area contributed by atoms with Crippen LogP contribution in [0, 0.1) is 0 Å². The molecule has 0 radical (unpaired) electrons. The second-order valence-electron chi connectivity index (χ2n) is 5.14. The number of nitrogens with one attached hydrogen (secondary N) is 1. The van der Waals surface area contributed by atoms with Crippen molar-refractivity contribution in [3.63, 3.8) is 0 Å². The van der Waals surface area contributed by atoms with Gasteiger partial charge in [0.05, 0.1) is 17.7 Å². The molecule has 0 saturated heterocycles. The monoisotopic (exact) mass is 402 g/mol. The zero-order valence-electron chi connectivity index (χ0n) is 13.7. The molecule has 132 valence electrons. The summed E-state index contributed by atoms with van der Waals surface area (Å²) >= 11 is 4.70. The SMILES string of the molecule is COc1ccc(Nc2nnc(SCc3coc(-c4cccs4)n3)s2)cc1. The van der Waals surface area contributed by atoms with E-state index in [2.05, 4.69) is 20.5 Å². The van der Waals surface area contributed by atoms with Gasteiger partial charge in [-0.3, -0.25) is 0 Å². The van der Waals surface area contributed by atoms with Gasteiger partial charge < -0.3 is 14.5 Å². The summed E-state index contributed by atoms with van der Waals surface area (Å²) in [5.41, 5.74) is 1.83. The number of anilines is 2. The van der Waals surface area contributed by atoms with Crippen LogP contribution in [0.1, 0.15) is 5.69 Å². The van der Waals surface area contributed by atoms with Crippen LogP contribution in [0.4, 0.5) is 10.8 Å². The van der Waals surface area contributed by atoms with Crippen LogP contribution in [0.15, 0.2) is 56.8 Å². The first-order valence-corrected chi connectivity index (χ1v) is 10.3. The summed E-state index contributed by atoms with van der Waals surface area (Å²) < 4.78 is 11.6. The minimum absolute atomic E-state index is 0.662. The molecule has 4 rings (SSSR count). The number of thiophene rings is 1. The predicted molar refractivity (Wildman–Crippen MR) is 106 cm³/mol. The van der Waals surface area contributed by atoms with Crippen LogP contribution < -0.4 is 10.1 Å². The quantitative estimate of drug-likeness (QED) is 0.421. The number of aromatic nitrogens is 3. The molecule has 0 saturated carbocycles. The van der Waals surface area contributed by atoms with Crippen LogP contribution >= 0.6 is 34.4 Å². The highest BCUT2D eigenvalue weighted by Gasteiger charge is 2.10. The van der Waals surface area contributed by atoms with Gasteiger partial charge >= 0.3 is 0 Å². The summed E-state index contributed by atoms with van der Waals surface area (Å²) in [7, 11) is 1.65. The van der Waals surface area contributed by atoms with Crippen molar-refractivity contribution in [2.24, 2.45) is 0 Å². The van der Waals surface area contributed by atoms with Gasteiger partial charge in [0.25, 0.3) is 0 Å². The van der Waals surface area contributed by atoms with Crippen molar-refractivity contribution in [2.45, 2.75) is 10.1 Å². The Labute approximate surface area is 162 Å². The lowest BCUT2D eigenvalue weighted by molar-refractivity contribution is 0.415. The van der Waals surface area contributed by atoms with Crippen molar-refractivity contribution in [2.75, 3.05) is 12.4 Å². The third-order valence-corrected chi connectivity index (χ3v) is 6.24. The number of oxazole rings is 1. The van der Waals surface area contributed by atoms with Crippen molar-refractivity contribution < 1.29 is 9.15 Å². The highest BCUT2D eigenvalue weighted by atomic mass is 32.2. The van der Waals surface area contributed by atoms with E-state index in [1.807, 2.05) is 41.8 Å². The minimum atomic E-state index is 0.662.